The molecular formula is C16H12ClN3O2. The largest absolute Gasteiger partial charge is 0.360 e. The lowest BCUT2D eigenvalue weighted by atomic mass is 10.1. The molecule has 0 aliphatic rings. The van der Waals surface area contributed by atoms with E-state index in [1.807, 2.05) is 12.1 Å². The molecule has 1 N–H and O–H groups in total. The van der Waals surface area contributed by atoms with Gasteiger partial charge in [-0.15, -0.1) is 0 Å². The lowest BCUT2D eigenvalue weighted by molar-refractivity contribution is 0.0946. The Balaban J connectivity index is 1.75. The van der Waals surface area contributed by atoms with Gasteiger partial charge in [-0.1, -0.05) is 28.9 Å². The van der Waals surface area contributed by atoms with E-state index in [2.05, 4.69) is 15.5 Å². The van der Waals surface area contributed by atoms with E-state index >= 15 is 0 Å². The Morgan fingerprint density at radius 1 is 1.14 bits per heavy atom. The van der Waals surface area contributed by atoms with Crippen molar-refractivity contribution in [1.29, 1.82) is 0 Å². The third kappa shape index (κ3) is 3.32. The molecule has 110 valence electrons. The number of pyridine rings is 1. The summed E-state index contributed by atoms with van der Waals surface area (Å²) < 4.78 is 4.93. The molecular weight excluding hydrogens is 302 g/mol. The van der Waals surface area contributed by atoms with Crippen LogP contribution < -0.4 is 5.32 Å². The molecule has 0 aliphatic heterocycles. The lowest BCUT2D eigenvalue weighted by Gasteiger charge is -2.06. The molecule has 2 heterocycles. The van der Waals surface area contributed by atoms with E-state index in [-0.39, 0.29) is 12.5 Å². The summed E-state index contributed by atoms with van der Waals surface area (Å²) in [5.74, 6) is 0.370. The van der Waals surface area contributed by atoms with E-state index in [0.717, 1.165) is 11.1 Å². The van der Waals surface area contributed by atoms with Gasteiger partial charge in [0.25, 0.3) is 5.91 Å². The second kappa shape index (κ2) is 6.41. The van der Waals surface area contributed by atoms with Crippen molar-refractivity contribution < 1.29 is 9.32 Å². The Morgan fingerprint density at radius 2 is 1.95 bits per heavy atom. The van der Waals surface area contributed by atoms with Gasteiger partial charge >= 0.3 is 0 Å². The van der Waals surface area contributed by atoms with Crippen LogP contribution in [0.5, 0.6) is 0 Å². The Hall–Kier alpha value is -2.66. The highest BCUT2D eigenvalue weighted by atomic mass is 35.5. The normalized spacial score (nSPS) is 10.4. The lowest BCUT2D eigenvalue weighted by Crippen LogP contribution is -2.22. The van der Waals surface area contributed by atoms with Crippen LogP contribution >= 0.6 is 11.6 Å². The van der Waals surface area contributed by atoms with Gasteiger partial charge in [-0.05, 0) is 23.8 Å². The Morgan fingerprint density at radius 3 is 2.68 bits per heavy atom. The summed E-state index contributed by atoms with van der Waals surface area (Å²) in [6, 6.07) is 10.8. The van der Waals surface area contributed by atoms with Gasteiger partial charge in [0.2, 0.25) is 0 Å². The fourth-order valence-electron chi connectivity index (χ4n) is 1.97. The van der Waals surface area contributed by atoms with Crippen LogP contribution in [0.1, 0.15) is 16.1 Å². The molecule has 5 nitrogen and oxygen atoms in total. The Bertz CT molecular complexity index is 770. The predicted molar refractivity (Wildman–Crippen MR) is 82.4 cm³/mol. The molecule has 0 spiro atoms. The van der Waals surface area contributed by atoms with E-state index in [0.29, 0.717) is 16.3 Å². The molecule has 22 heavy (non-hydrogen) atoms. The third-order valence-corrected chi connectivity index (χ3v) is 3.34. The highest BCUT2D eigenvalue weighted by molar-refractivity contribution is 6.30. The first-order valence-electron chi connectivity index (χ1n) is 6.61. The van der Waals surface area contributed by atoms with Crippen molar-refractivity contribution in [3.05, 3.63) is 71.3 Å². The number of nitrogens with zero attached hydrogens (tertiary/aromatic N) is 2. The number of hydrogen-bond donors (Lipinski definition) is 1. The number of carbonyl (C=O) groups is 1. The van der Waals surface area contributed by atoms with Crippen molar-refractivity contribution >= 4 is 17.5 Å². The highest BCUT2D eigenvalue weighted by Gasteiger charge is 2.09. The maximum absolute atomic E-state index is 12.1. The van der Waals surface area contributed by atoms with Gasteiger partial charge < -0.3 is 9.84 Å². The molecule has 0 aliphatic carbocycles. The van der Waals surface area contributed by atoms with E-state index in [1.165, 1.54) is 12.4 Å². The van der Waals surface area contributed by atoms with Gasteiger partial charge in [0.15, 0.2) is 5.76 Å². The Labute approximate surface area is 131 Å². The first-order chi connectivity index (χ1) is 10.7. The molecule has 0 radical (unpaired) electrons. The van der Waals surface area contributed by atoms with Crippen molar-refractivity contribution in [3.8, 4) is 11.1 Å². The second-order valence-electron chi connectivity index (χ2n) is 4.63. The summed E-state index contributed by atoms with van der Waals surface area (Å²) in [7, 11) is 0. The van der Waals surface area contributed by atoms with E-state index in [1.54, 1.807) is 30.5 Å². The topological polar surface area (TPSA) is 68.0 Å². The number of amides is 1. The van der Waals surface area contributed by atoms with E-state index in [4.69, 9.17) is 16.1 Å². The van der Waals surface area contributed by atoms with E-state index in [9.17, 15) is 4.79 Å². The molecule has 0 bridgehead atoms. The van der Waals surface area contributed by atoms with Crippen LogP contribution in [0.2, 0.25) is 5.02 Å². The third-order valence-electron chi connectivity index (χ3n) is 3.09. The summed E-state index contributed by atoms with van der Waals surface area (Å²) in [5, 5.41) is 7.00. The Kier molecular flexibility index (Phi) is 4.16. The second-order valence-corrected chi connectivity index (χ2v) is 5.07. The van der Waals surface area contributed by atoms with Crippen LogP contribution in [0, 0.1) is 0 Å². The average Bonchev–Trinajstić information content (AvgIpc) is 3.07. The number of hydrogen-bond acceptors (Lipinski definition) is 4. The van der Waals surface area contributed by atoms with Crippen molar-refractivity contribution in [1.82, 2.24) is 15.5 Å². The number of halogens is 1. The molecule has 0 saturated carbocycles. The molecule has 3 aromatic rings. The van der Waals surface area contributed by atoms with Gasteiger partial charge in [-0.3, -0.25) is 9.78 Å². The van der Waals surface area contributed by atoms with E-state index < -0.39 is 0 Å². The minimum atomic E-state index is -0.222. The van der Waals surface area contributed by atoms with Crippen LogP contribution in [0.4, 0.5) is 0 Å². The molecule has 0 saturated heterocycles. The zero-order chi connectivity index (χ0) is 15.4. The average molecular weight is 314 g/mol. The van der Waals surface area contributed by atoms with Crippen molar-refractivity contribution in [2.24, 2.45) is 0 Å². The van der Waals surface area contributed by atoms with Crippen LogP contribution in [-0.2, 0) is 6.54 Å². The van der Waals surface area contributed by atoms with Crippen LogP contribution in [0.25, 0.3) is 11.1 Å². The monoisotopic (exact) mass is 313 g/mol. The quantitative estimate of drug-likeness (QED) is 0.802. The van der Waals surface area contributed by atoms with Crippen LogP contribution in [-0.4, -0.2) is 16.0 Å². The summed E-state index contributed by atoms with van der Waals surface area (Å²) in [5.41, 5.74) is 2.28. The summed E-state index contributed by atoms with van der Waals surface area (Å²) in [6.45, 7) is 0.282. The molecule has 1 amide bonds. The minimum Gasteiger partial charge on any atom is -0.360 e. The number of nitrogens with one attached hydrogen (secondary N) is 1. The summed E-state index contributed by atoms with van der Waals surface area (Å²) in [4.78, 5) is 16.3. The van der Waals surface area contributed by atoms with Crippen molar-refractivity contribution in [2.75, 3.05) is 0 Å². The summed E-state index contributed by atoms with van der Waals surface area (Å²) >= 11 is 5.88. The maximum Gasteiger partial charge on any atom is 0.253 e. The zero-order valence-electron chi connectivity index (χ0n) is 11.5. The van der Waals surface area contributed by atoms with Crippen LogP contribution in [0.3, 0.4) is 0 Å². The van der Waals surface area contributed by atoms with Crippen LogP contribution in [0.15, 0.2) is 59.5 Å². The molecule has 0 fully saturated rings. The van der Waals surface area contributed by atoms with Gasteiger partial charge in [0.05, 0.1) is 18.3 Å². The van der Waals surface area contributed by atoms with Gasteiger partial charge in [-0.25, -0.2) is 0 Å². The first-order valence-corrected chi connectivity index (χ1v) is 6.99. The van der Waals surface area contributed by atoms with Crippen molar-refractivity contribution in [2.45, 2.75) is 6.54 Å². The molecule has 0 unspecified atom stereocenters. The highest BCUT2D eigenvalue weighted by Crippen LogP contribution is 2.21. The fourth-order valence-corrected chi connectivity index (χ4v) is 2.09. The number of aromatic nitrogens is 2. The number of carbonyl (C=O) groups excluding carboxylic acids is 1. The standard InChI is InChI=1S/C16H12ClN3O2/c17-14-3-1-11(2-4-14)12-7-13(9-18-8-12)16(21)19-10-15-5-6-20-22-15/h1-9H,10H2,(H,19,21). The maximum atomic E-state index is 12.1. The summed E-state index contributed by atoms with van der Waals surface area (Å²) in [6.07, 6.45) is 4.76. The molecule has 2 aromatic heterocycles. The van der Waals surface area contributed by atoms with Crippen molar-refractivity contribution in [3.63, 3.8) is 0 Å². The smallest absolute Gasteiger partial charge is 0.253 e. The zero-order valence-corrected chi connectivity index (χ0v) is 12.2. The fraction of sp³-hybridized carbons (Fsp3) is 0.0625. The number of rotatable bonds is 4. The van der Waals surface area contributed by atoms with Gasteiger partial charge in [0, 0.05) is 29.0 Å². The molecule has 0 atom stereocenters. The molecule has 6 heteroatoms. The van der Waals surface area contributed by atoms with Gasteiger partial charge in [-0.2, -0.15) is 0 Å². The minimum absolute atomic E-state index is 0.222. The number of benzene rings is 1. The molecule has 1 aromatic carbocycles. The predicted octanol–water partition coefficient (Wildman–Crippen LogP) is 3.32. The van der Waals surface area contributed by atoms with Gasteiger partial charge in [0.1, 0.15) is 0 Å². The molecule has 3 rings (SSSR count). The first kappa shape index (κ1) is 14.3. The SMILES string of the molecule is O=C(NCc1ccno1)c1cncc(-c2ccc(Cl)cc2)c1.